The van der Waals surface area contributed by atoms with Crippen LogP contribution in [0.5, 0.6) is 0 Å². The highest BCUT2D eigenvalue weighted by Gasteiger charge is 2.19. The van der Waals surface area contributed by atoms with E-state index in [1.165, 1.54) is 0 Å². The molecule has 124 valence electrons. The summed E-state index contributed by atoms with van der Waals surface area (Å²) >= 11 is 7.68. The van der Waals surface area contributed by atoms with Crippen molar-refractivity contribution in [3.8, 4) is 0 Å². The lowest BCUT2D eigenvalue weighted by Gasteiger charge is -2.14. The number of amides is 1. The number of aromatic nitrogens is 1. The molecule has 1 amide bonds. The Morgan fingerprint density at radius 1 is 1.39 bits per heavy atom. The van der Waals surface area contributed by atoms with Crippen molar-refractivity contribution in [3.63, 3.8) is 0 Å². The van der Waals surface area contributed by atoms with Gasteiger partial charge in [0.1, 0.15) is 6.04 Å². The Labute approximate surface area is 144 Å². The van der Waals surface area contributed by atoms with Crippen molar-refractivity contribution in [2.75, 3.05) is 12.0 Å². The molecule has 5 nitrogen and oxygen atoms in total. The molecule has 2 N–H and O–H groups in total. The third-order valence-electron chi connectivity index (χ3n) is 3.58. The van der Waals surface area contributed by atoms with E-state index in [2.05, 4.69) is 5.32 Å². The molecule has 0 aliphatic rings. The van der Waals surface area contributed by atoms with Crippen LogP contribution in [-0.4, -0.2) is 39.6 Å². The molecular weight excluding hydrogens is 336 g/mol. The maximum atomic E-state index is 12.0. The molecule has 1 aromatic heterocycles. The molecule has 7 heteroatoms. The van der Waals surface area contributed by atoms with Crippen LogP contribution in [-0.2, 0) is 16.1 Å². The molecule has 0 radical (unpaired) electrons. The number of aliphatic carboxylic acids is 1. The molecule has 0 saturated carbocycles. The average Bonchev–Trinajstić information content (AvgIpc) is 2.93. The second-order valence-corrected chi connectivity index (χ2v) is 6.56. The second-order valence-electron chi connectivity index (χ2n) is 5.17. The van der Waals surface area contributed by atoms with Gasteiger partial charge < -0.3 is 15.0 Å². The van der Waals surface area contributed by atoms with Gasteiger partial charge in [0, 0.05) is 35.1 Å². The summed E-state index contributed by atoms with van der Waals surface area (Å²) in [4.78, 5) is 23.1. The highest BCUT2D eigenvalue weighted by Crippen LogP contribution is 2.24. The largest absolute Gasteiger partial charge is 0.480 e. The number of nitrogens with zero attached hydrogens (tertiary/aromatic N) is 1. The Hall–Kier alpha value is -1.66. The maximum Gasteiger partial charge on any atom is 0.326 e. The molecule has 0 fully saturated rings. The second kappa shape index (κ2) is 8.26. The fraction of sp³-hybridized carbons (Fsp3) is 0.375. The Morgan fingerprint density at radius 3 is 2.87 bits per heavy atom. The minimum atomic E-state index is -0.995. The quantitative estimate of drug-likeness (QED) is 0.764. The smallest absolute Gasteiger partial charge is 0.326 e. The normalized spacial score (nSPS) is 12.3. The van der Waals surface area contributed by atoms with Crippen molar-refractivity contribution in [2.45, 2.75) is 25.4 Å². The lowest BCUT2D eigenvalue weighted by molar-refractivity contribution is -0.141. The van der Waals surface area contributed by atoms with E-state index in [0.717, 1.165) is 10.9 Å². The number of benzene rings is 1. The molecule has 1 atom stereocenters. The molecule has 0 spiro atoms. The molecular formula is C16H19ClN2O3S. The van der Waals surface area contributed by atoms with Crippen LogP contribution in [0, 0.1) is 0 Å². The summed E-state index contributed by atoms with van der Waals surface area (Å²) in [5, 5.41) is 13.3. The van der Waals surface area contributed by atoms with Gasteiger partial charge in [-0.3, -0.25) is 4.79 Å². The highest BCUT2D eigenvalue weighted by molar-refractivity contribution is 7.98. The summed E-state index contributed by atoms with van der Waals surface area (Å²) in [5.74, 6) is -0.564. The van der Waals surface area contributed by atoms with E-state index in [1.54, 1.807) is 11.8 Å². The number of halogens is 1. The number of carbonyl (C=O) groups excluding carboxylic acids is 1. The first-order valence-corrected chi connectivity index (χ1v) is 9.04. The number of carboxylic acids is 1. The van der Waals surface area contributed by atoms with Crippen molar-refractivity contribution < 1.29 is 14.7 Å². The van der Waals surface area contributed by atoms with Gasteiger partial charge in [0.05, 0.1) is 0 Å². The standard InChI is InChI=1S/C16H19ClN2O3S/c1-23-10-7-13(16(21)22)18-15(20)6-9-19-8-5-11-12(17)3-2-4-14(11)19/h2-5,8,13H,6-7,9-10H2,1H3,(H,18,20)(H,21,22). The van der Waals surface area contributed by atoms with E-state index in [9.17, 15) is 9.59 Å². The van der Waals surface area contributed by atoms with Crippen molar-refractivity contribution in [2.24, 2.45) is 0 Å². The summed E-state index contributed by atoms with van der Waals surface area (Å²) in [6.07, 6.45) is 4.43. The molecule has 0 aliphatic carbocycles. The van der Waals surface area contributed by atoms with Crippen molar-refractivity contribution in [1.29, 1.82) is 0 Å². The number of rotatable bonds is 8. The zero-order chi connectivity index (χ0) is 16.8. The Kier molecular flexibility index (Phi) is 6.36. The van der Waals surface area contributed by atoms with Crippen LogP contribution in [0.4, 0.5) is 0 Å². The number of nitrogens with one attached hydrogen (secondary N) is 1. The minimum absolute atomic E-state index is 0.222. The maximum absolute atomic E-state index is 12.0. The molecule has 0 aliphatic heterocycles. The summed E-state index contributed by atoms with van der Waals surface area (Å²) in [6, 6.07) is 6.71. The number of hydrogen-bond donors (Lipinski definition) is 2. The first-order chi connectivity index (χ1) is 11.0. The van der Waals surface area contributed by atoms with Gasteiger partial charge in [0.2, 0.25) is 5.91 Å². The number of carboxylic acid groups (broad SMARTS) is 1. The summed E-state index contributed by atoms with van der Waals surface area (Å²) < 4.78 is 1.94. The van der Waals surface area contributed by atoms with E-state index in [1.807, 2.05) is 41.3 Å². The topological polar surface area (TPSA) is 71.3 Å². The number of thioether (sulfide) groups is 1. The lowest BCUT2D eigenvalue weighted by Crippen LogP contribution is -2.41. The summed E-state index contributed by atoms with van der Waals surface area (Å²) in [7, 11) is 0. The molecule has 1 unspecified atom stereocenters. The number of hydrogen-bond acceptors (Lipinski definition) is 3. The van der Waals surface area contributed by atoms with Gasteiger partial charge in [-0.1, -0.05) is 17.7 Å². The van der Waals surface area contributed by atoms with E-state index >= 15 is 0 Å². The first-order valence-electron chi connectivity index (χ1n) is 7.27. The van der Waals surface area contributed by atoms with Gasteiger partial charge in [0.15, 0.2) is 0 Å². The summed E-state index contributed by atoms with van der Waals surface area (Å²) in [5.41, 5.74) is 0.961. The first kappa shape index (κ1) is 17.7. The molecule has 0 saturated heterocycles. The Bertz CT molecular complexity index is 702. The predicted octanol–water partition coefficient (Wildman–Crippen LogP) is 3.01. The Balaban J connectivity index is 1.95. The van der Waals surface area contributed by atoms with Crippen LogP contribution in [0.25, 0.3) is 10.9 Å². The fourth-order valence-electron chi connectivity index (χ4n) is 2.36. The number of fused-ring (bicyclic) bond motifs is 1. The van der Waals surface area contributed by atoms with Crippen LogP contribution in [0.1, 0.15) is 12.8 Å². The van der Waals surface area contributed by atoms with Gasteiger partial charge in [-0.05, 0) is 36.6 Å². The van der Waals surface area contributed by atoms with Gasteiger partial charge >= 0.3 is 5.97 Å². The van der Waals surface area contributed by atoms with Crippen molar-refractivity contribution in [3.05, 3.63) is 35.5 Å². The zero-order valence-electron chi connectivity index (χ0n) is 12.8. The monoisotopic (exact) mass is 354 g/mol. The van der Waals surface area contributed by atoms with Gasteiger partial charge in [-0.15, -0.1) is 0 Å². The van der Waals surface area contributed by atoms with E-state index < -0.39 is 12.0 Å². The van der Waals surface area contributed by atoms with Crippen LogP contribution in [0.2, 0.25) is 5.02 Å². The number of carbonyl (C=O) groups is 2. The van der Waals surface area contributed by atoms with Crippen LogP contribution in [0.15, 0.2) is 30.5 Å². The molecule has 1 aromatic carbocycles. The van der Waals surface area contributed by atoms with Crippen LogP contribution < -0.4 is 5.32 Å². The van der Waals surface area contributed by atoms with Crippen molar-refractivity contribution >= 4 is 46.1 Å². The molecule has 1 heterocycles. The third kappa shape index (κ3) is 4.65. The summed E-state index contributed by atoms with van der Waals surface area (Å²) in [6.45, 7) is 0.477. The van der Waals surface area contributed by atoms with E-state index in [0.29, 0.717) is 23.7 Å². The Morgan fingerprint density at radius 2 is 2.17 bits per heavy atom. The van der Waals surface area contributed by atoms with Crippen LogP contribution >= 0.6 is 23.4 Å². The molecule has 2 rings (SSSR count). The predicted molar refractivity (Wildman–Crippen MR) is 94.1 cm³/mol. The van der Waals surface area contributed by atoms with E-state index in [4.69, 9.17) is 16.7 Å². The fourth-order valence-corrected chi connectivity index (χ4v) is 3.07. The molecule has 0 bridgehead atoms. The third-order valence-corrected chi connectivity index (χ3v) is 4.56. The van der Waals surface area contributed by atoms with E-state index in [-0.39, 0.29) is 12.3 Å². The van der Waals surface area contributed by atoms with Gasteiger partial charge in [-0.2, -0.15) is 11.8 Å². The highest BCUT2D eigenvalue weighted by atomic mass is 35.5. The van der Waals surface area contributed by atoms with Crippen molar-refractivity contribution in [1.82, 2.24) is 9.88 Å². The molecule has 2 aromatic rings. The molecule has 23 heavy (non-hydrogen) atoms. The van der Waals surface area contributed by atoms with Gasteiger partial charge in [0.25, 0.3) is 0 Å². The lowest BCUT2D eigenvalue weighted by atomic mass is 10.2. The SMILES string of the molecule is CSCCC(NC(=O)CCn1ccc2c(Cl)cccc21)C(=O)O. The average molecular weight is 355 g/mol. The number of aryl methyl sites for hydroxylation is 1. The van der Waals surface area contributed by atoms with Crippen LogP contribution in [0.3, 0.4) is 0 Å². The minimum Gasteiger partial charge on any atom is -0.480 e. The zero-order valence-corrected chi connectivity index (χ0v) is 14.4. The van der Waals surface area contributed by atoms with Gasteiger partial charge in [-0.25, -0.2) is 4.79 Å².